The van der Waals surface area contributed by atoms with Gasteiger partial charge in [-0.25, -0.2) is 8.78 Å². The summed E-state index contributed by atoms with van der Waals surface area (Å²) in [7, 11) is 0. The van der Waals surface area contributed by atoms with Gasteiger partial charge in [0.05, 0.1) is 17.5 Å². The Bertz CT molecular complexity index is 346. The molecule has 0 saturated carbocycles. The largest absolute Gasteiger partial charge is 0.265 e. The summed E-state index contributed by atoms with van der Waals surface area (Å²) in [6.07, 6.45) is -0.396. The van der Waals surface area contributed by atoms with Crippen molar-refractivity contribution < 1.29 is 8.78 Å². The molecule has 13 heavy (non-hydrogen) atoms. The molecule has 0 N–H and O–H groups in total. The van der Waals surface area contributed by atoms with Crippen LogP contribution in [0.25, 0.3) is 0 Å². The first-order valence-corrected chi connectivity index (χ1v) is 3.82. The maximum Gasteiger partial charge on any atom is 0.265 e. The van der Waals surface area contributed by atoms with E-state index < -0.39 is 6.43 Å². The molecule has 0 radical (unpaired) electrons. The van der Waals surface area contributed by atoms with Crippen LogP contribution in [0.1, 0.15) is 17.6 Å². The van der Waals surface area contributed by atoms with Gasteiger partial charge in [-0.3, -0.25) is 4.98 Å². The molecule has 0 unspecified atom stereocenters. The fourth-order valence-electron chi connectivity index (χ4n) is 0.956. The van der Waals surface area contributed by atoms with Crippen molar-refractivity contribution in [1.82, 2.24) is 4.98 Å². The molecule has 0 spiro atoms. The topological polar surface area (TPSA) is 36.7 Å². The Morgan fingerprint density at radius 3 is 2.77 bits per heavy atom. The highest BCUT2D eigenvalue weighted by atomic mass is 35.5. The van der Waals surface area contributed by atoms with Crippen molar-refractivity contribution in [3.8, 4) is 6.07 Å². The predicted octanol–water partition coefficient (Wildman–Crippen LogP) is 2.74. The van der Waals surface area contributed by atoms with Crippen molar-refractivity contribution in [2.45, 2.75) is 12.8 Å². The Kier molecular flexibility index (Phi) is 3.15. The Morgan fingerprint density at radius 1 is 1.54 bits per heavy atom. The Morgan fingerprint density at radius 2 is 2.23 bits per heavy atom. The lowest BCUT2D eigenvalue weighted by molar-refractivity contribution is 0.150. The summed E-state index contributed by atoms with van der Waals surface area (Å²) in [4.78, 5) is 3.63. The van der Waals surface area contributed by atoms with Crippen LogP contribution < -0.4 is 0 Å². The quantitative estimate of drug-likeness (QED) is 0.740. The molecule has 0 fully saturated rings. The van der Waals surface area contributed by atoms with E-state index in [0.717, 1.165) is 6.20 Å². The molecule has 2 nitrogen and oxygen atoms in total. The summed E-state index contributed by atoms with van der Waals surface area (Å²) in [6.45, 7) is 0. The van der Waals surface area contributed by atoms with Crippen LogP contribution in [0.3, 0.4) is 0 Å². The average Bonchev–Trinajstić information content (AvgIpc) is 2.04. The third-order valence-corrected chi connectivity index (χ3v) is 1.81. The third-order valence-electron chi connectivity index (χ3n) is 1.51. The number of pyridine rings is 1. The number of hydrogen-bond donors (Lipinski definition) is 0. The number of aromatic nitrogens is 1. The van der Waals surface area contributed by atoms with Crippen LogP contribution in [0.5, 0.6) is 0 Å². The van der Waals surface area contributed by atoms with Crippen LogP contribution in [-0.2, 0) is 6.42 Å². The minimum atomic E-state index is -2.67. The first kappa shape index (κ1) is 9.87. The third kappa shape index (κ3) is 2.13. The molecule has 1 heterocycles. The second-order valence-corrected chi connectivity index (χ2v) is 2.74. The van der Waals surface area contributed by atoms with Crippen LogP contribution in [-0.4, -0.2) is 4.98 Å². The zero-order chi connectivity index (χ0) is 9.84. The van der Waals surface area contributed by atoms with E-state index >= 15 is 0 Å². The van der Waals surface area contributed by atoms with Crippen LogP contribution in [0.4, 0.5) is 8.78 Å². The van der Waals surface area contributed by atoms with Gasteiger partial charge in [-0.2, -0.15) is 5.26 Å². The molecular weight excluding hydrogens is 198 g/mol. The lowest BCUT2D eigenvalue weighted by atomic mass is 10.1. The highest BCUT2D eigenvalue weighted by molar-refractivity contribution is 6.31. The smallest absolute Gasteiger partial charge is 0.263 e. The van der Waals surface area contributed by atoms with Gasteiger partial charge in [-0.1, -0.05) is 11.6 Å². The van der Waals surface area contributed by atoms with Crippen molar-refractivity contribution in [3.05, 3.63) is 28.5 Å². The summed E-state index contributed by atoms with van der Waals surface area (Å²) >= 11 is 5.51. The average molecular weight is 203 g/mol. The molecule has 1 rings (SSSR count). The van der Waals surface area contributed by atoms with Gasteiger partial charge in [0.2, 0.25) is 0 Å². The molecule has 0 amide bonds. The SMILES string of the molecule is N#CCc1cncc(Cl)c1C(F)F. The van der Waals surface area contributed by atoms with Crippen molar-refractivity contribution in [2.24, 2.45) is 0 Å². The van der Waals surface area contributed by atoms with E-state index in [2.05, 4.69) is 4.98 Å². The fourth-order valence-corrected chi connectivity index (χ4v) is 1.22. The van der Waals surface area contributed by atoms with Crippen molar-refractivity contribution in [1.29, 1.82) is 5.26 Å². The normalized spacial score (nSPS) is 10.1. The maximum absolute atomic E-state index is 12.4. The van der Waals surface area contributed by atoms with E-state index in [4.69, 9.17) is 16.9 Å². The first-order chi connectivity index (χ1) is 6.16. The van der Waals surface area contributed by atoms with Gasteiger partial charge < -0.3 is 0 Å². The highest BCUT2D eigenvalue weighted by Crippen LogP contribution is 2.29. The van der Waals surface area contributed by atoms with Crippen molar-refractivity contribution >= 4 is 11.6 Å². The van der Waals surface area contributed by atoms with Crippen LogP contribution in [0.2, 0.25) is 5.02 Å². The summed E-state index contributed by atoms with van der Waals surface area (Å²) in [6, 6.07) is 1.77. The molecule has 1 aromatic heterocycles. The van der Waals surface area contributed by atoms with E-state index in [1.807, 2.05) is 0 Å². The monoisotopic (exact) mass is 202 g/mol. The number of alkyl halides is 2. The van der Waals surface area contributed by atoms with E-state index in [1.165, 1.54) is 6.20 Å². The van der Waals surface area contributed by atoms with Crippen LogP contribution in [0.15, 0.2) is 12.4 Å². The summed E-state index contributed by atoms with van der Waals surface area (Å²) < 4.78 is 24.8. The lowest BCUT2D eigenvalue weighted by Gasteiger charge is -2.06. The van der Waals surface area contributed by atoms with E-state index in [1.54, 1.807) is 6.07 Å². The fraction of sp³-hybridized carbons (Fsp3) is 0.250. The molecule has 0 atom stereocenters. The molecule has 0 bridgehead atoms. The van der Waals surface area contributed by atoms with Gasteiger partial charge in [-0.05, 0) is 5.56 Å². The van der Waals surface area contributed by atoms with E-state index in [9.17, 15) is 8.78 Å². The summed E-state index contributed by atoms with van der Waals surface area (Å²) in [5.41, 5.74) is -0.108. The van der Waals surface area contributed by atoms with Crippen LogP contribution >= 0.6 is 11.6 Å². The van der Waals surface area contributed by atoms with Gasteiger partial charge in [-0.15, -0.1) is 0 Å². The highest BCUT2D eigenvalue weighted by Gasteiger charge is 2.16. The summed E-state index contributed by atoms with van der Waals surface area (Å²) in [5.74, 6) is 0. The Balaban J connectivity index is 3.19. The lowest BCUT2D eigenvalue weighted by Crippen LogP contribution is -1.96. The van der Waals surface area contributed by atoms with Crippen molar-refractivity contribution in [2.75, 3.05) is 0 Å². The zero-order valence-electron chi connectivity index (χ0n) is 6.47. The molecule has 0 aliphatic heterocycles. The molecule has 0 aliphatic carbocycles. The minimum Gasteiger partial charge on any atom is -0.263 e. The standard InChI is InChI=1S/C8H5ClF2N2/c9-6-4-13-3-5(1-2-12)7(6)8(10)11/h3-4,8H,1H2. The first-order valence-electron chi connectivity index (χ1n) is 3.44. The number of hydrogen-bond acceptors (Lipinski definition) is 2. The van der Waals surface area contributed by atoms with Gasteiger partial charge in [0, 0.05) is 18.0 Å². The van der Waals surface area contributed by atoms with E-state index in [0.29, 0.717) is 0 Å². The molecule has 1 aromatic rings. The molecular formula is C8H5ClF2N2. The minimum absolute atomic E-state index is 0.0947. The molecule has 5 heteroatoms. The van der Waals surface area contributed by atoms with Crippen molar-refractivity contribution in [3.63, 3.8) is 0 Å². The Hall–Kier alpha value is -1.21. The van der Waals surface area contributed by atoms with Crippen LogP contribution in [0, 0.1) is 11.3 Å². The van der Waals surface area contributed by atoms with E-state index in [-0.39, 0.29) is 22.6 Å². The maximum atomic E-state index is 12.4. The second-order valence-electron chi connectivity index (χ2n) is 2.33. The number of nitriles is 1. The number of halogens is 3. The van der Waals surface area contributed by atoms with Gasteiger partial charge >= 0.3 is 0 Å². The number of rotatable bonds is 2. The molecule has 68 valence electrons. The van der Waals surface area contributed by atoms with Gasteiger partial charge in [0.25, 0.3) is 6.43 Å². The van der Waals surface area contributed by atoms with Gasteiger partial charge in [0.1, 0.15) is 0 Å². The molecule has 0 aliphatic rings. The second kappa shape index (κ2) is 4.15. The summed E-state index contributed by atoms with van der Waals surface area (Å²) in [5, 5.41) is 8.26. The predicted molar refractivity (Wildman–Crippen MR) is 43.5 cm³/mol. The molecule has 0 saturated heterocycles. The molecule has 0 aromatic carbocycles. The Labute approximate surface area is 78.8 Å². The number of nitrogens with zero attached hydrogens (tertiary/aromatic N) is 2. The zero-order valence-corrected chi connectivity index (χ0v) is 7.22. The van der Waals surface area contributed by atoms with Gasteiger partial charge in [0.15, 0.2) is 0 Å².